The lowest BCUT2D eigenvalue weighted by Gasteiger charge is -2.29. The number of halogens is 12. The zero-order valence-corrected chi connectivity index (χ0v) is 22.8. The topological polar surface area (TPSA) is 29.1 Å². The number of hydrogen-bond acceptors (Lipinski definition) is 1. The van der Waals surface area contributed by atoms with Crippen LogP contribution < -0.4 is 5.32 Å². The van der Waals surface area contributed by atoms with E-state index in [-0.39, 0.29) is 39.0 Å². The van der Waals surface area contributed by atoms with Gasteiger partial charge in [-0.1, -0.05) is 17.7 Å². The average Bonchev–Trinajstić information content (AvgIpc) is 2.80. The van der Waals surface area contributed by atoms with Gasteiger partial charge in [0.15, 0.2) is 0 Å². The fourth-order valence-corrected chi connectivity index (χ4v) is 5.28. The number of benzene rings is 2. The molecule has 0 bridgehead atoms. The van der Waals surface area contributed by atoms with Crippen molar-refractivity contribution in [3.05, 3.63) is 72.6 Å². The standard InChI is InChI=1S/C24H17Br2ClF9NO/c25-17-8-12(9-18(26)20(17)27)15(23(31,32)33)10-19(28)11-1-2-14(16(7-11)24(34,35)36)21(38)37-13-3-5-22(29,30)6-4-13/h1-2,7-10,13,15H,3-6H2,(H,37,38)/b19-10-. The van der Waals surface area contributed by atoms with Crippen molar-refractivity contribution in [3.8, 4) is 0 Å². The van der Waals surface area contributed by atoms with E-state index in [1.807, 2.05) is 0 Å². The first-order valence-electron chi connectivity index (χ1n) is 10.9. The van der Waals surface area contributed by atoms with Gasteiger partial charge in [0.2, 0.25) is 5.92 Å². The molecule has 1 fully saturated rings. The molecular weight excluding hydrogens is 685 g/mol. The van der Waals surface area contributed by atoms with Crippen LogP contribution in [0.3, 0.4) is 0 Å². The SMILES string of the molecule is O=C(NC1CCC(F)(F)CC1)c1ccc(/C(F)=C/C(c2cc(Br)c(Cl)c(Br)c2)C(F)(F)F)cc1C(F)(F)F. The highest BCUT2D eigenvalue weighted by atomic mass is 79.9. The second-order valence-corrected chi connectivity index (χ2v) is 10.8. The second-order valence-electron chi connectivity index (χ2n) is 8.69. The number of allylic oxidation sites excluding steroid dienone is 1. The third kappa shape index (κ3) is 7.47. The van der Waals surface area contributed by atoms with Gasteiger partial charge in [0, 0.05) is 33.4 Å². The minimum atomic E-state index is -5.17. The van der Waals surface area contributed by atoms with Crippen LogP contribution in [-0.4, -0.2) is 24.0 Å². The number of amides is 1. The molecule has 1 saturated carbocycles. The lowest BCUT2D eigenvalue weighted by molar-refractivity contribution is -0.140. The molecule has 1 aliphatic carbocycles. The van der Waals surface area contributed by atoms with Crippen molar-refractivity contribution in [2.75, 3.05) is 0 Å². The molecule has 0 saturated heterocycles. The summed E-state index contributed by atoms with van der Waals surface area (Å²) < 4.78 is 124. The van der Waals surface area contributed by atoms with Crippen LogP contribution in [0.4, 0.5) is 39.5 Å². The van der Waals surface area contributed by atoms with Crippen LogP contribution in [0, 0.1) is 0 Å². The third-order valence-electron chi connectivity index (χ3n) is 5.93. The number of nitrogens with one attached hydrogen (secondary N) is 1. The zero-order valence-electron chi connectivity index (χ0n) is 18.9. The van der Waals surface area contributed by atoms with Crippen molar-refractivity contribution in [1.82, 2.24) is 5.32 Å². The number of alkyl halides is 8. The maximum atomic E-state index is 15.0. The van der Waals surface area contributed by atoms with E-state index in [1.165, 1.54) is 0 Å². The van der Waals surface area contributed by atoms with E-state index in [0.717, 1.165) is 18.2 Å². The molecule has 1 atom stereocenters. The van der Waals surface area contributed by atoms with E-state index in [0.29, 0.717) is 6.07 Å². The Morgan fingerprint density at radius 2 is 1.58 bits per heavy atom. The van der Waals surface area contributed by atoms with Crippen molar-refractivity contribution in [1.29, 1.82) is 0 Å². The molecule has 2 aromatic carbocycles. The Morgan fingerprint density at radius 3 is 2.08 bits per heavy atom. The summed E-state index contributed by atoms with van der Waals surface area (Å²) in [6.45, 7) is 0. The Bertz CT molecular complexity index is 1210. The molecule has 2 aromatic rings. The van der Waals surface area contributed by atoms with Gasteiger partial charge in [-0.15, -0.1) is 0 Å². The van der Waals surface area contributed by atoms with Crippen molar-refractivity contribution >= 4 is 55.2 Å². The molecular formula is C24H17Br2ClF9NO. The minimum Gasteiger partial charge on any atom is -0.349 e. The van der Waals surface area contributed by atoms with E-state index in [2.05, 4.69) is 37.2 Å². The maximum Gasteiger partial charge on any atom is 0.417 e. The van der Waals surface area contributed by atoms with E-state index in [1.54, 1.807) is 0 Å². The number of carbonyl (C=O) groups is 1. The molecule has 0 aliphatic heterocycles. The Kier molecular flexibility index (Phi) is 9.24. The molecule has 1 unspecified atom stereocenters. The van der Waals surface area contributed by atoms with E-state index >= 15 is 4.39 Å². The van der Waals surface area contributed by atoms with Crippen LogP contribution in [0.15, 0.2) is 45.4 Å². The Hall–Kier alpha value is -1.73. The third-order valence-corrected chi connectivity index (χ3v) is 8.04. The van der Waals surface area contributed by atoms with Crippen molar-refractivity contribution in [2.24, 2.45) is 0 Å². The summed E-state index contributed by atoms with van der Waals surface area (Å²) in [6.07, 6.45) is -11.4. The lowest BCUT2D eigenvalue weighted by Crippen LogP contribution is -2.40. The van der Waals surface area contributed by atoms with Gasteiger partial charge in [0.05, 0.1) is 16.1 Å². The number of carbonyl (C=O) groups excluding carboxylic acids is 1. The van der Waals surface area contributed by atoms with Crippen LogP contribution in [0.25, 0.3) is 5.83 Å². The molecule has 1 N–H and O–H groups in total. The predicted molar refractivity (Wildman–Crippen MR) is 131 cm³/mol. The van der Waals surface area contributed by atoms with Gasteiger partial charge in [0.1, 0.15) is 11.7 Å². The zero-order chi connectivity index (χ0) is 28.6. The molecule has 38 heavy (non-hydrogen) atoms. The van der Waals surface area contributed by atoms with E-state index in [9.17, 15) is 39.9 Å². The number of rotatable bonds is 5. The largest absolute Gasteiger partial charge is 0.417 e. The van der Waals surface area contributed by atoms with Gasteiger partial charge in [-0.2, -0.15) is 26.3 Å². The maximum absolute atomic E-state index is 15.0. The smallest absolute Gasteiger partial charge is 0.349 e. The fourth-order valence-electron chi connectivity index (χ4n) is 3.95. The normalized spacial score (nSPS) is 17.8. The molecule has 14 heteroatoms. The minimum absolute atomic E-state index is 0.0600. The lowest BCUT2D eigenvalue weighted by atomic mass is 9.91. The first-order chi connectivity index (χ1) is 17.4. The summed E-state index contributed by atoms with van der Waals surface area (Å²) >= 11 is 11.9. The van der Waals surface area contributed by atoms with Gasteiger partial charge in [-0.05, 0) is 80.6 Å². The molecule has 3 rings (SSSR count). The highest BCUT2D eigenvalue weighted by Crippen LogP contribution is 2.43. The molecule has 1 amide bonds. The monoisotopic (exact) mass is 699 g/mol. The van der Waals surface area contributed by atoms with Gasteiger partial charge >= 0.3 is 12.4 Å². The summed E-state index contributed by atoms with van der Waals surface area (Å²) in [5.41, 5.74) is -3.78. The first-order valence-corrected chi connectivity index (χ1v) is 12.8. The Morgan fingerprint density at radius 1 is 1.03 bits per heavy atom. The molecule has 0 heterocycles. The predicted octanol–water partition coefficient (Wildman–Crippen LogP) is 9.85. The van der Waals surface area contributed by atoms with Crippen LogP contribution >= 0.6 is 43.5 Å². The van der Waals surface area contributed by atoms with Gasteiger partial charge in [-0.3, -0.25) is 4.79 Å². The molecule has 208 valence electrons. The highest BCUT2D eigenvalue weighted by molar-refractivity contribution is 9.11. The molecule has 1 aliphatic rings. The summed E-state index contributed by atoms with van der Waals surface area (Å²) in [7, 11) is 0. The quantitative estimate of drug-likeness (QED) is 0.244. The molecule has 0 radical (unpaired) electrons. The summed E-state index contributed by atoms with van der Waals surface area (Å²) in [5.74, 6) is -8.29. The van der Waals surface area contributed by atoms with Gasteiger partial charge < -0.3 is 5.32 Å². The van der Waals surface area contributed by atoms with Crippen LogP contribution in [0.5, 0.6) is 0 Å². The Labute approximate surface area is 232 Å². The van der Waals surface area contributed by atoms with Gasteiger partial charge in [0.25, 0.3) is 5.91 Å². The average molecular weight is 702 g/mol. The van der Waals surface area contributed by atoms with Crippen molar-refractivity contribution in [3.63, 3.8) is 0 Å². The second kappa shape index (κ2) is 11.4. The summed E-state index contributed by atoms with van der Waals surface area (Å²) in [5, 5.41) is 2.33. The van der Waals surface area contributed by atoms with Gasteiger partial charge in [-0.25, -0.2) is 13.2 Å². The van der Waals surface area contributed by atoms with E-state index in [4.69, 9.17) is 11.6 Å². The molecule has 2 nitrogen and oxygen atoms in total. The summed E-state index contributed by atoms with van der Waals surface area (Å²) in [6, 6.07) is 2.83. The molecule has 0 spiro atoms. The van der Waals surface area contributed by atoms with E-state index < -0.39 is 77.1 Å². The van der Waals surface area contributed by atoms with Crippen LogP contribution in [0.2, 0.25) is 5.02 Å². The van der Waals surface area contributed by atoms with Crippen LogP contribution in [-0.2, 0) is 6.18 Å². The number of hydrogen-bond donors (Lipinski definition) is 1. The fraction of sp³-hybridized carbons (Fsp3) is 0.375. The summed E-state index contributed by atoms with van der Waals surface area (Å²) in [4.78, 5) is 12.5. The van der Waals surface area contributed by atoms with Crippen molar-refractivity contribution < 1.29 is 44.3 Å². The van der Waals surface area contributed by atoms with Crippen LogP contribution in [0.1, 0.15) is 58.6 Å². The Balaban J connectivity index is 1.96. The first kappa shape index (κ1) is 30.8. The molecule has 0 aromatic heterocycles. The highest BCUT2D eigenvalue weighted by Gasteiger charge is 2.41. The van der Waals surface area contributed by atoms with Crippen molar-refractivity contribution in [2.45, 2.75) is 55.9 Å².